The van der Waals surface area contributed by atoms with Crippen LogP contribution in [0.4, 0.5) is 0 Å². The summed E-state index contributed by atoms with van der Waals surface area (Å²) in [5, 5.41) is 2.17. The third kappa shape index (κ3) is 4.39. The third-order valence-electron chi connectivity index (χ3n) is 4.26. The lowest BCUT2D eigenvalue weighted by atomic mass is 10.0. The van der Waals surface area contributed by atoms with Crippen molar-refractivity contribution in [3.63, 3.8) is 0 Å². The Morgan fingerprint density at radius 3 is 2.50 bits per heavy atom. The van der Waals surface area contributed by atoms with Crippen LogP contribution in [0.25, 0.3) is 0 Å². The number of rotatable bonds is 7. The summed E-state index contributed by atoms with van der Waals surface area (Å²) < 4.78 is 11.0. The SMILES string of the molecule is CC.CCCOCCOc1cccc2c1C(=O)N(C1CCC(=O)NC1=O)C2=O. The molecule has 152 valence electrons. The van der Waals surface area contributed by atoms with E-state index in [-0.39, 0.29) is 36.3 Å². The summed E-state index contributed by atoms with van der Waals surface area (Å²) in [6.07, 6.45) is 1.10. The van der Waals surface area contributed by atoms with Crippen LogP contribution in [0.3, 0.4) is 0 Å². The van der Waals surface area contributed by atoms with Crippen molar-refractivity contribution in [3.8, 4) is 5.75 Å². The first kappa shape index (κ1) is 21.6. The van der Waals surface area contributed by atoms with Crippen molar-refractivity contribution in [2.75, 3.05) is 19.8 Å². The van der Waals surface area contributed by atoms with E-state index in [1.165, 1.54) is 6.07 Å². The quantitative estimate of drug-likeness (QED) is 0.564. The van der Waals surface area contributed by atoms with Gasteiger partial charge in [0, 0.05) is 13.0 Å². The van der Waals surface area contributed by atoms with Gasteiger partial charge in [-0.15, -0.1) is 0 Å². The minimum atomic E-state index is -0.985. The number of carbonyl (C=O) groups is 4. The van der Waals surface area contributed by atoms with E-state index >= 15 is 0 Å². The average molecular weight is 390 g/mol. The van der Waals surface area contributed by atoms with Gasteiger partial charge in [-0.25, -0.2) is 0 Å². The van der Waals surface area contributed by atoms with Gasteiger partial charge in [0.15, 0.2) is 0 Å². The molecule has 4 amide bonds. The predicted octanol–water partition coefficient (Wildman–Crippen LogP) is 1.92. The van der Waals surface area contributed by atoms with E-state index in [2.05, 4.69) is 5.32 Å². The zero-order chi connectivity index (χ0) is 20.7. The molecule has 1 unspecified atom stereocenters. The molecular formula is C20H26N2O6. The summed E-state index contributed by atoms with van der Waals surface area (Å²) in [5.41, 5.74) is 0.351. The van der Waals surface area contributed by atoms with Crippen LogP contribution in [-0.4, -0.2) is 54.4 Å². The Balaban J connectivity index is 0.00000136. The molecule has 0 aromatic heterocycles. The second-order valence-electron chi connectivity index (χ2n) is 6.09. The van der Waals surface area contributed by atoms with Gasteiger partial charge in [-0.05, 0) is 25.0 Å². The first-order valence-electron chi connectivity index (χ1n) is 9.59. The first-order valence-corrected chi connectivity index (χ1v) is 9.59. The Labute approximate surface area is 164 Å². The highest BCUT2D eigenvalue weighted by molar-refractivity contribution is 6.24. The Bertz CT molecular complexity index is 761. The molecule has 8 heteroatoms. The number of amides is 4. The van der Waals surface area contributed by atoms with Gasteiger partial charge in [0.25, 0.3) is 11.8 Å². The first-order chi connectivity index (χ1) is 13.5. The molecule has 28 heavy (non-hydrogen) atoms. The van der Waals surface area contributed by atoms with Gasteiger partial charge in [0.1, 0.15) is 18.4 Å². The van der Waals surface area contributed by atoms with Gasteiger partial charge in [-0.2, -0.15) is 0 Å². The van der Waals surface area contributed by atoms with Crippen LogP contribution >= 0.6 is 0 Å². The maximum Gasteiger partial charge on any atom is 0.266 e. The summed E-state index contributed by atoms with van der Waals surface area (Å²) in [7, 11) is 0. The number of nitrogens with one attached hydrogen (secondary N) is 1. The van der Waals surface area contributed by atoms with Gasteiger partial charge in [-0.1, -0.05) is 26.8 Å². The standard InChI is InChI=1S/C18H20N2O6.C2H6/c1-2-8-25-9-10-26-13-5-3-4-11-15(13)18(24)20(17(11)23)12-6-7-14(21)19-16(12)22;1-2/h3-5,12H,2,6-10H2,1H3,(H,19,21,22);1-2H3. The van der Waals surface area contributed by atoms with Gasteiger partial charge >= 0.3 is 0 Å². The largest absolute Gasteiger partial charge is 0.490 e. The van der Waals surface area contributed by atoms with Crippen molar-refractivity contribution < 1.29 is 28.7 Å². The van der Waals surface area contributed by atoms with Gasteiger partial charge in [-0.3, -0.25) is 29.4 Å². The molecule has 3 rings (SSSR count). The Morgan fingerprint density at radius 1 is 1.07 bits per heavy atom. The van der Waals surface area contributed by atoms with Crippen LogP contribution in [-0.2, 0) is 14.3 Å². The monoisotopic (exact) mass is 390 g/mol. The molecule has 0 spiro atoms. The Hall–Kier alpha value is -2.74. The van der Waals surface area contributed by atoms with Crippen molar-refractivity contribution in [2.45, 2.75) is 46.1 Å². The smallest absolute Gasteiger partial charge is 0.266 e. The lowest BCUT2D eigenvalue weighted by molar-refractivity contribution is -0.136. The van der Waals surface area contributed by atoms with E-state index in [4.69, 9.17) is 9.47 Å². The molecule has 2 aliphatic rings. The number of hydrogen-bond acceptors (Lipinski definition) is 6. The summed E-state index contributed by atoms with van der Waals surface area (Å²) in [5.74, 6) is -1.88. The molecule has 2 heterocycles. The van der Waals surface area contributed by atoms with Gasteiger partial charge in [0.2, 0.25) is 11.8 Å². The number of carbonyl (C=O) groups excluding carboxylic acids is 4. The molecule has 8 nitrogen and oxygen atoms in total. The fourth-order valence-electron chi connectivity index (χ4n) is 3.06. The topological polar surface area (TPSA) is 102 Å². The molecule has 1 N–H and O–H groups in total. The summed E-state index contributed by atoms with van der Waals surface area (Å²) in [6.45, 7) is 7.24. The maximum absolute atomic E-state index is 12.8. The lowest BCUT2D eigenvalue weighted by Crippen LogP contribution is -2.54. The van der Waals surface area contributed by atoms with Crippen LogP contribution < -0.4 is 10.1 Å². The molecular weight excluding hydrogens is 364 g/mol. The van der Waals surface area contributed by atoms with Crippen LogP contribution in [0.2, 0.25) is 0 Å². The van der Waals surface area contributed by atoms with Crippen molar-refractivity contribution in [1.82, 2.24) is 10.2 Å². The van der Waals surface area contributed by atoms with E-state index in [0.717, 1.165) is 11.3 Å². The second kappa shape index (κ2) is 9.98. The fraction of sp³-hybridized carbons (Fsp3) is 0.500. The van der Waals surface area contributed by atoms with Crippen LogP contribution in [0, 0.1) is 0 Å². The fourth-order valence-corrected chi connectivity index (χ4v) is 3.06. The molecule has 1 fully saturated rings. The van der Waals surface area contributed by atoms with Crippen LogP contribution in [0.1, 0.15) is 60.7 Å². The molecule has 1 aromatic rings. The minimum Gasteiger partial charge on any atom is -0.490 e. The molecule has 2 aliphatic heterocycles. The van der Waals surface area contributed by atoms with Crippen molar-refractivity contribution in [3.05, 3.63) is 29.3 Å². The highest BCUT2D eigenvalue weighted by Gasteiger charge is 2.45. The number of piperidine rings is 1. The number of fused-ring (bicyclic) bond motifs is 1. The molecule has 0 bridgehead atoms. The second-order valence-corrected chi connectivity index (χ2v) is 6.09. The molecule has 0 radical (unpaired) electrons. The number of nitrogens with zero attached hydrogens (tertiary/aromatic N) is 1. The normalized spacial score (nSPS) is 18.4. The van der Waals surface area contributed by atoms with E-state index < -0.39 is 29.7 Å². The highest BCUT2D eigenvalue weighted by atomic mass is 16.5. The average Bonchev–Trinajstić information content (AvgIpc) is 2.95. The van der Waals surface area contributed by atoms with E-state index in [9.17, 15) is 19.2 Å². The molecule has 1 aromatic carbocycles. The van der Waals surface area contributed by atoms with E-state index in [0.29, 0.717) is 13.2 Å². The molecule has 0 aliphatic carbocycles. The van der Waals surface area contributed by atoms with Gasteiger partial charge < -0.3 is 9.47 Å². The minimum absolute atomic E-state index is 0.0853. The molecule has 1 saturated heterocycles. The van der Waals surface area contributed by atoms with Gasteiger partial charge in [0.05, 0.1) is 17.7 Å². The predicted molar refractivity (Wildman–Crippen MR) is 101 cm³/mol. The Morgan fingerprint density at radius 2 is 1.82 bits per heavy atom. The zero-order valence-corrected chi connectivity index (χ0v) is 16.4. The van der Waals surface area contributed by atoms with Crippen molar-refractivity contribution in [1.29, 1.82) is 0 Å². The molecule has 0 saturated carbocycles. The van der Waals surface area contributed by atoms with Crippen molar-refractivity contribution in [2.24, 2.45) is 0 Å². The summed E-state index contributed by atoms with van der Waals surface area (Å²) in [6, 6.07) is 3.78. The summed E-state index contributed by atoms with van der Waals surface area (Å²) in [4.78, 5) is 49.8. The summed E-state index contributed by atoms with van der Waals surface area (Å²) >= 11 is 0. The maximum atomic E-state index is 12.8. The number of imide groups is 2. The van der Waals surface area contributed by atoms with Crippen LogP contribution in [0.15, 0.2) is 18.2 Å². The van der Waals surface area contributed by atoms with Crippen molar-refractivity contribution >= 4 is 23.6 Å². The zero-order valence-electron chi connectivity index (χ0n) is 16.4. The van der Waals surface area contributed by atoms with E-state index in [1.54, 1.807) is 12.1 Å². The number of benzene rings is 1. The van der Waals surface area contributed by atoms with E-state index in [1.807, 2.05) is 20.8 Å². The third-order valence-corrected chi connectivity index (χ3v) is 4.26. The number of hydrogen-bond donors (Lipinski definition) is 1. The molecule has 1 atom stereocenters. The van der Waals surface area contributed by atoms with Crippen LogP contribution in [0.5, 0.6) is 5.75 Å². The number of ether oxygens (including phenoxy) is 2. The Kier molecular flexibility index (Phi) is 7.69. The lowest BCUT2D eigenvalue weighted by Gasteiger charge is -2.27. The highest BCUT2D eigenvalue weighted by Crippen LogP contribution is 2.33.